The van der Waals surface area contributed by atoms with E-state index in [2.05, 4.69) is 20.1 Å². The predicted octanol–water partition coefficient (Wildman–Crippen LogP) is 2.96. The molecule has 150 valence electrons. The Morgan fingerprint density at radius 1 is 1.17 bits per heavy atom. The highest BCUT2D eigenvalue weighted by molar-refractivity contribution is 5.95. The number of aryl methyl sites for hydroxylation is 1. The maximum absolute atomic E-state index is 12.7. The molecule has 2 aromatic carbocycles. The van der Waals surface area contributed by atoms with Crippen molar-refractivity contribution in [2.45, 2.75) is 19.9 Å². The molecule has 0 fully saturated rings. The summed E-state index contributed by atoms with van der Waals surface area (Å²) in [6.45, 7) is 3.31. The molecular formula is C23H20N4O3. The summed E-state index contributed by atoms with van der Waals surface area (Å²) in [7, 11) is 0. The maximum Gasteiger partial charge on any atom is 0.344 e. The molecule has 1 aliphatic heterocycles. The van der Waals surface area contributed by atoms with E-state index in [-0.39, 0.29) is 5.91 Å². The zero-order chi connectivity index (χ0) is 20.7. The van der Waals surface area contributed by atoms with Crippen molar-refractivity contribution in [1.29, 1.82) is 0 Å². The fourth-order valence-corrected chi connectivity index (χ4v) is 3.96. The van der Waals surface area contributed by atoms with Crippen molar-refractivity contribution in [3.8, 4) is 11.1 Å². The first-order valence-electron chi connectivity index (χ1n) is 9.89. The lowest BCUT2D eigenvalue weighted by Crippen LogP contribution is -2.30. The van der Waals surface area contributed by atoms with Gasteiger partial charge in [0.1, 0.15) is 17.2 Å². The molecule has 0 bridgehead atoms. The summed E-state index contributed by atoms with van der Waals surface area (Å²) in [5.41, 5.74) is 1.73. The van der Waals surface area contributed by atoms with Crippen LogP contribution in [0.15, 0.2) is 63.8 Å². The third-order valence-electron chi connectivity index (χ3n) is 5.55. The van der Waals surface area contributed by atoms with Crippen LogP contribution in [0.2, 0.25) is 0 Å². The number of carbonyl (C=O) groups excluding carboxylic acids is 1. The summed E-state index contributed by atoms with van der Waals surface area (Å²) in [5, 5.41) is 12.1. The van der Waals surface area contributed by atoms with Gasteiger partial charge in [0.15, 0.2) is 0 Å². The lowest BCUT2D eigenvalue weighted by molar-refractivity contribution is 0.0947. The molecule has 1 N–H and O–H groups in total. The highest BCUT2D eigenvalue weighted by atomic mass is 16.4. The quantitative estimate of drug-likeness (QED) is 0.532. The van der Waals surface area contributed by atoms with Crippen LogP contribution in [0.25, 0.3) is 22.1 Å². The number of aromatic nitrogens is 3. The molecule has 4 aromatic rings. The zero-order valence-corrected chi connectivity index (χ0v) is 16.5. The fraction of sp³-hybridized carbons (Fsp3) is 0.217. The third-order valence-corrected chi connectivity index (χ3v) is 5.55. The summed E-state index contributed by atoms with van der Waals surface area (Å²) in [4.78, 5) is 25.2. The van der Waals surface area contributed by atoms with Crippen molar-refractivity contribution in [2.75, 3.05) is 6.54 Å². The first-order valence-corrected chi connectivity index (χ1v) is 9.89. The van der Waals surface area contributed by atoms with Gasteiger partial charge in [0, 0.05) is 36.4 Å². The van der Waals surface area contributed by atoms with Crippen LogP contribution in [-0.4, -0.2) is 27.2 Å². The lowest BCUT2D eigenvalue weighted by atomic mass is 10.0. The Kier molecular flexibility index (Phi) is 4.43. The zero-order valence-electron chi connectivity index (χ0n) is 16.5. The van der Waals surface area contributed by atoms with Crippen LogP contribution < -0.4 is 10.9 Å². The van der Waals surface area contributed by atoms with Gasteiger partial charge in [0.05, 0.1) is 5.56 Å². The van der Waals surface area contributed by atoms with Gasteiger partial charge >= 0.3 is 5.63 Å². The molecule has 0 saturated heterocycles. The molecule has 1 unspecified atom stereocenters. The molecular weight excluding hydrogens is 380 g/mol. The minimum absolute atomic E-state index is 0.165. The molecule has 7 heteroatoms. The van der Waals surface area contributed by atoms with Gasteiger partial charge in [-0.25, -0.2) is 4.79 Å². The van der Waals surface area contributed by atoms with Crippen molar-refractivity contribution in [3.63, 3.8) is 0 Å². The number of fused-ring (bicyclic) bond motifs is 2. The van der Waals surface area contributed by atoms with E-state index >= 15 is 0 Å². The number of carbonyl (C=O) groups is 1. The van der Waals surface area contributed by atoms with Crippen molar-refractivity contribution in [2.24, 2.45) is 5.92 Å². The van der Waals surface area contributed by atoms with Crippen LogP contribution in [0.1, 0.15) is 22.0 Å². The molecule has 0 radical (unpaired) electrons. The molecule has 3 heterocycles. The van der Waals surface area contributed by atoms with Crippen molar-refractivity contribution in [1.82, 2.24) is 20.1 Å². The minimum atomic E-state index is -0.421. The molecule has 0 saturated carbocycles. The normalized spacial score (nSPS) is 15.3. The van der Waals surface area contributed by atoms with E-state index in [0.29, 0.717) is 34.7 Å². The van der Waals surface area contributed by atoms with Crippen LogP contribution in [0, 0.1) is 12.8 Å². The van der Waals surface area contributed by atoms with Crippen LogP contribution in [0.3, 0.4) is 0 Å². The number of nitrogens with one attached hydrogen (secondary N) is 1. The number of hydrogen-bond donors (Lipinski definition) is 1. The molecule has 0 aliphatic carbocycles. The average Bonchev–Trinajstić information content (AvgIpc) is 3.33. The number of amides is 1. The SMILES string of the molecule is Cc1nnc2n1CC(CNC(=O)c1cccc(-c3cc4ccccc4oc3=O)c1)C2. The highest BCUT2D eigenvalue weighted by Gasteiger charge is 2.25. The number of para-hydroxylation sites is 1. The lowest BCUT2D eigenvalue weighted by Gasteiger charge is -2.11. The molecule has 1 atom stereocenters. The van der Waals surface area contributed by atoms with Crippen LogP contribution in [-0.2, 0) is 13.0 Å². The van der Waals surface area contributed by atoms with Gasteiger partial charge in [-0.1, -0.05) is 30.3 Å². The molecule has 1 aliphatic rings. The van der Waals surface area contributed by atoms with E-state index in [0.717, 1.165) is 30.0 Å². The summed E-state index contributed by atoms with van der Waals surface area (Å²) >= 11 is 0. The second-order valence-corrected chi connectivity index (χ2v) is 7.62. The van der Waals surface area contributed by atoms with E-state index in [1.165, 1.54) is 0 Å². The molecule has 5 rings (SSSR count). The van der Waals surface area contributed by atoms with Gasteiger partial charge in [-0.05, 0) is 36.8 Å². The summed E-state index contributed by atoms with van der Waals surface area (Å²) in [5.74, 6) is 2.01. The predicted molar refractivity (Wildman–Crippen MR) is 112 cm³/mol. The van der Waals surface area contributed by atoms with Gasteiger partial charge in [-0.15, -0.1) is 10.2 Å². The Labute approximate surface area is 172 Å². The van der Waals surface area contributed by atoms with Gasteiger partial charge < -0.3 is 14.3 Å². The van der Waals surface area contributed by atoms with Gasteiger partial charge in [0.2, 0.25) is 0 Å². The Hall–Kier alpha value is -3.74. The highest BCUT2D eigenvalue weighted by Crippen LogP contribution is 2.22. The van der Waals surface area contributed by atoms with Crippen molar-refractivity contribution in [3.05, 3.63) is 82.2 Å². The summed E-state index contributed by atoms with van der Waals surface area (Å²) in [6, 6.07) is 16.2. The van der Waals surface area contributed by atoms with E-state index in [4.69, 9.17) is 4.42 Å². The molecule has 2 aromatic heterocycles. The van der Waals surface area contributed by atoms with Gasteiger partial charge in [-0.3, -0.25) is 4.79 Å². The Morgan fingerprint density at radius 3 is 2.90 bits per heavy atom. The van der Waals surface area contributed by atoms with Gasteiger partial charge in [0.25, 0.3) is 5.91 Å². The van der Waals surface area contributed by atoms with E-state index in [1.807, 2.05) is 31.2 Å². The second-order valence-electron chi connectivity index (χ2n) is 7.62. The largest absolute Gasteiger partial charge is 0.422 e. The van der Waals surface area contributed by atoms with E-state index in [1.54, 1.807) is 30.3 Å². The summed E-state index contributed by atoms with van der Waals surface area (Å²) in [6.07, 6.45) is 0.805. The standard InChI is InChI=1S/C23H20N4O3/c1-14-25-26-21-9-15(13-27(14)21)12-24-22(28)18-7-4-6-16(10-18)19-11-17-5-2-3-8-20(17)30-23(19)29/h2-8,10-11,15H,9,12-13H2,1H3,(H,24,28). The van der Waals surface area contributed by atoms with E-state index < -0.39 is 5.63 Å². The van der Waals surface area contributed by atoms with Crippen molar-refractivity contribution < 1.29 is 9.21 Å². The second kappa shape index (κ2) is 7.26. The van der Waals surface area contributed by atoms with Gasteiger partial charge in [-0.2, -0.15) is 0 Å². The summed E-state index contributed by atoms with van der Waals surface area (Å²) < 4.78 is 7.52. The maximum atomic E-state index is 12.7. The smallest absolute Gasteiger partial charge is 0.344 e. The first-order chi connectivity index (χ1) is 14.6. The Bertz CT molecular complexity index is 1320. The monoisotopic (exact) mass is 400 g/mol. The number of rotatable bonds is 4. The van der Waals surface area contributed by atoms with Crippen LogP contribution >= 0.6 is 0 Å². The topological polar surface area (TPSA) is 90.0 Å². The Balaban J connectivity index is 1.33. The van der Waals surface area contributed by atoms with Crippen LogP contribution in [0.5, 0.6) is 0 Å². The number of benzene rings is 2. The van der Waals surface area contributed by atoms with E-state index in [9.17, 15) is 9.59 Å². The van der Waals surface area contributed by atoms with Crippen LogP contribution in [0.4, 0.5) is 0 Å². The molecule has 30 heavy (non-hydrogen) atoms. The molecule has 7 nitrogen and oxygen atoms in total. The minimum Gasteiger partial charge on any atom is -0.422 e. The molecule has 1 amide bonds. The third kappa shape index (κ3) is 3.28. The Morgan fingerprint density at radius 2 is 2.03 bits per heavy atom. The number of hydrogen-bond acceptors (Lipinski definition) is 5. The van der Waals surface area contributed by atoms with Crippen molar-refractivity contribution >= 4 is 16.9 Å². The first kappa shape index (κ1) is 18.3. The fourth-order valence-electron chi connectivity index (χ4n) is 3.96. The molecule has 0 spiro atoms. The number of nitrogens with zero attached hydrogens (tertiary/aromatic N) is 3. The average molecular weight is 400 g/mol.